The van der Waals surface area contributed by atoms with Crippen LogP contribution in [0, 0.1) is 6.92 Å². The summed E-state index contributed by atoms with van der Waals surface area (Å²) in [7, 11) is 0. The highest BCUT2D eigenvalue weighted by Gasteiger charge is 2.27. The molecular weight excluding hydrogens is 290 g/mol. The van der Waals surface area contributed by atoms with Crippen LogP contribution in [0.1, 0.15) is 15.6 Å². The summed E-state index contributed by atoms with van der Waals surface area (Å²) in [6.45, 7) is 2.56. The quantitative estimate of drug-likeness (QED) is 0.941. The second-order valence-corrected chi connectivity index (χ2v) is 7.18. The molecule has 1 amide bonds. The largest absolute Gasteiger partial charge is 0.355 e. The molecule has 4 nitrogen and oxygen atoms in total. The summed E-state index contributed by atoms with van der Waals surface area (Å²) in [5.41, 5.74) is 1.28. The van der Waals surface area contributed by atoms with Crippen molar-refractivity contribution in [3.05, 3.63) is 39.8 Å². The Labute approximate surface area is 126 Å². The van der Waals surface area contributed by atoms with E-state index in [1.165, 1.54) is 10.5 Å². The zero-order valence-electron chi connectivity index (χ0n) is 11.1. The fourth-order valence-corrected chi connectivity index (χ4v) is 4.10. The average Bonchev–Trinajstić information content (AvgIpc) is 3.04. The van der Waals surface area contributed by atoms with Gasteiger partial charge in [-0.1, -0.05) is 18.2 Å². The van der Waals surface area contributed by atoms with Gasteiger partial charge >= 0.3 is 0 Å². The maximum atomic E-state index is 12.1. The fourth-order valence-electron chi connectivity index (χ4n) is 2.17. The minimum atomic E-state index is 0.00329. The molecule has 1 aliphatic rings. The number of aryl methyl sites for hydroxylation is 1. The van der Waals surface area contributed by atoms with Crippen molar-refractivity contribution in [2.45, 2.75) is 29.9 Å². The fraction of sp³-hybridized carbons (Fsp3) is 0.357. The summed E-state index contributed by atoms with van der Waals surface area (Å²) in [5, 5.41) is 13.0. The van der Waals surface area contributed by atoms with Crippen molar-refractivity contribution in [2.75, 3.05) is 6.54 Å². The molecule has 0 bridgehead atoms. The van der Waals surface area contributed by atoms with Crippen molar-refractivity contribution in [2.24, 2.45) is 0 Å². The van der Waals surface area contributed by atoms with E-state index in [9.17, 15) is 4.79 Å². The number of rotatable bonds is 4. The van der Waals surface area contributed by atoms with Crippen LogP contribution in [0.15, 0.2) is 29.2 Å². The van der Waals surface area contributed by atoms with Gasteiger partial charge in [-0.3, -0.25) is 4.79 Å². The molecule has 0 fully saturated rings. The highest BCUT2D eigenvalue weighted by molar-refractivity contribution is 8.01. The number of nitrogens with zero attached hydrogens (tertiary/aromatic N) is 2. The van der Waals surface area contributed by atoms with Gasteiger partial charge in [-0.25, -0.2) is 0 Å². The second kappa shape index (κ2) is 5.93. The van der Waals surface area contributed by atoms with Crippen LogP contribution in [0.2, 0.25) is 0 Å². The van der Waals surface area contributed by atoms with Crippen molar-refractivity contribution in [1.82, 2.24) is 15.5 Å². The molecule has 0 radical (unpaired) electrons. The Balaban J connectivity index is 1.49. The van der Waals surface area contributed by atoms with Gasteiger partial charge in [0.2, 0.25) is 5.91 Å². The van der Waals surface area contributed by atoms with Crippen molar-refractivity contribution < 1.29 is 4.79 Å². The zero-order chi connectivity index (χ0) is 13.9. The highest BCUT2D eigenvalue weighted by atomic mass is 32.2. The molecule has 1 N–H and O–H groups in total. The van der Waals surface area contributed by atoms with Gasteiger partial charge in [0.25, 0.3) is 0 Å². The Morgan fingerprint density at radius 3 is 3.00 bits per heavy atom. The van der Waals surface area contributed by atoms with E-state index < -0.39 is 0 Å². The number of aromatic nitrogens is 2. The molecule has 1 aliphatic heterocycles. The zero-order valence-corrected chi connectivity index (χ0v) is 12.8. The third-order valence-electron chi connectivity index (χ3n) is 3.15. The molecule has 2 heterocycles. The Hall–Kier alpha value is -1.40. The predicted octanol–water partition coefficient (Wildman–Crippen LogP) is 2.22. The standard InChI is InChI=1S/C14H15N3OS2/c1-9-16-17-13(19-9)6-7-15-14(18)12-8-10-4-2-3-5-11(10)20-12/h2-5,12H,6-8H2,1H3,(H,15,18). The number of hydrogen-bond donors (Lipinski definition) is 1. The lowest BCUT2D eigenvalue weighted by Crippen LogP contribution is -2.33. The number of benzene rings is 1. The van der Waals surface area contributed by atoms with Crippen molar-refractivity contribution in [1.29, 1.82) is 0 Å². The minimum Gasteiger partial charge on any atom is -0.355 e. The van der Waals surface area contributed by atoms with Gasteiger partial charge in [0.1, 0.15) is 10.0 Å². The van der Waals surface area contributed by atoms with E-state index >= 15 is 0 Å². The van der Waals surface area contributed by atoms with E-state index in [0.29, 0.717) is 6.54 Å². The Morgan fingerprint density at radius 2 is 2.25 bits per heavy atom. The van der Waals surface area contributed by atoms with Crippen LogP contribution in [-0.4, -0.2) is 27.9 Å². The van der Waals surface area contributed by atoms with Gasteiger partial charge in [-0.2, -0.15) is 0 Å². The van der Waals surface area contributed by atoms with Crippen LogP contribution in [0.4, 0.5) is 0 Å². The normalized spacial score (nSPS) is 16.9. The monoisotopic (exact) mass is 305 g/mol. The number of thioether (sulfide) groups is 1. The number of amides is 1. The minimum absolute atomic E-state index is 0.00329. The molecule has 2 aromatic rings. The molecule has 0 aliphatic carbocycles. The molecule has 20 heavy (non-hydrogen) atoms. The number of carbonyl (C=O) groups excluding carboxylic acids is 1. The van der Waals surface area contributed by atoms with Gasteiger partial charge in [-0.05, 0) is 25.0 Å². The van der Waals surface area contributed by atoms with Crippen molar-refractivity contribution in [3.63, 3.8) is 0 Å². The first-order valence-corrected chi connectivity index (χ1v) is 8.23. The second-order valence-electron chi connectivity index (χ2n) is 4.67. The molecule has 1 atom stereocenters. The van der Waals surface area contributed by atoms with E-state index in [1.54, 1.807) is 23.1 Å². The number of hydrogen-bond acceptors (Lipinski definition) is 5. The lowest BCUT2D eigenvalue weighted by molar-refractivity contribution is -0.120. The molecule has 0 saturated heterocycles. The van der Waals surface area contributed by atoms with Gasteiger partial charge in [0.05, 0.1) is 5.25 Å². The summed E-state index contributed by atoms with van der Waals surface area (Å²) in [4.78, 5) is 13.4. The van der Waals surface area contributed by atoms with Crippen molar-refractivity contribution in [3.8, 4) is 0 Å². The Kier molecular flexibility index (Phi) is 4.03. The smallest absolute Gasteiger partial charge is 0.233 e. The lowest BCUT2D eigenvalue weighted by atomic mass is 10.1. The molecule has 6 heteroatoms. The van der Waals surface area contributed by atoms with Gasteiger partial charge < -0.3 is 5.32 Å². The molecule has 1 unspecified atom stereocenters. The predicted molar refractivity (Wildman–Crippen MR) is 81.2 cm³/mol. The van der Waals surface area contributed by atoms with Crippen LogP contribution in [0.5, 0.6) is 0 Å². The van der Waals surface area contributed by atoms with E-state index in [1.807, 2.05) is 19.1 Å². The highest BCUT2D eigenvalue weighted by Crippen LogP contribution is 2.36. The summed E-state index contributed by atoms with van der Waals surface area (Å²) >= 11 is 3.24. The van der Waals surface area contributed by atoms with Crippen LogP contribution < -0.4 is 5.32 Å². The Morgan fingerprint density at radius 1 is 1.40 bits per heavy atom. The van der Waals surface area contributed by atoms with Gasteiger partial charge in [0, 0.05) is 17.9 Å². The first-order valence-electron chi connectivity index (χ1n) is 6.53. The number of carbonyl (C=O) groups is 1. The number of nitrogens with one attached hydrogen (secondary N) is 1. The van der Waals surface area contributed by atoms with Crippen LogP contribution in [-0.2, 0) is 17.6 Å². The van der Waals surface area contributed by atoms with E-state index in [0.717, 1.165) is 22.9 Å². The molecular formula is C14H15N3OS2. The summed E-state index contributed by atoms with van der Waals surface area (Å²) < 4.78 is 0. The number of fused-ring (bicyclic) bond motifs is 1. The third-order valence-corrected chi connectivity index (χ3v) is 5.36. The van der Waals surface area contributed by atoms with Crippen LogP contribution in [0.3, 0.4) is 0 Å². The SMILES string of the molecule is Cc1nnc(CCNC(=O)C2Cc3ccccc3S2)s1. The van der Waals surface area contributed by atoms with Crippen LogP contribution >= 0.6 is 23.1 Å². The maximum Gasteiger partial charge on any atom is 0.233 e. The summed E-state index contributed by atoms with van der Waals surface area (Å²) in [6, 6.07) is 8.22. The molecule has 104 valence electrons. The molecule has 0 spiro atoms. The summed E-state index contributed by atoms with van der Waals surface area (Å²) in [6.07, 6.45) is 1.58. The van der Waals surface area contributed by atoms with E-state index in [-0.39, 0.29) is 11.2 Å². The van der Waals surface area contributed by atoms with Crippen LogP contribution in [0.25, 0.3) is 0 Å². The van der Waals surface area contributed by atoms with Gasteiger partial charge in [0.15, 0.2) is 0 Å². The average molecular weight is 305 g/mol. The third kappa shape index (κ3) is 3.02. The molecule has 1 aromatic heterocycles. The van der Waals surface area contributed by atoms with Crippen molar-refractivity contribution >= 4 is 29.0 Å². The maximum absolute atomic E-state index is 12.1. The first-order chi connectivity index (χ1) is 9.72. The lowest BCUT2D eigenvalue weighted by Gasteiger charge is -2.08. The molecule has 0 saturated carbocycles. The topological polar surface area (TPSA) is 54.9 Å². The Bertz CT molecular complexity index is 601. The van der Waals surface area contributed by atoms with Gasteiger partial charge in [-0.15, -0.1) is 33.3 Å². The summed E-state index contributed by atoms with van der Waals surface area (Å²) in [5.74, 6) is 0.118. The van der Waals surface area contributed by atoms with E-state index in [2.05, 4.69) is 27.6 Å². The van der Waals surface area contributed by atoms with E-state index in [4.69, 9.17) is 0 Å². The molecule has 3 rings (SSSR count). The molecule has 1 aromatic carbocycles. The first kappa shape index (κ1) is 13.6.